The zero-order valence-electron chi connectivity index (χ0n) is 11.1. The summed E-state index contributed by atoms with van der Waals surface area (Å²) < 4.78 is 0. The molecule has 106 valence electrons. The molecule has 0 saturated heterocycles. The molecule has 5 heteroatoms. The molecule has 0 heterocycles. The van der Waals surface area contributed by atoms with Crippen molar-refractivity contribution in [2.24, 2.45) is 0 Å². The second-order valence-corrected chi connectivity index (χ2v) is 4.29. The van der Waals surface area contributed by atoms with E-state index in [1.807, 2.05) is 30.3 Å². The average molecular weight is 274 g/mol. The van der Waals surface area contributed by atoms with Crippen molar-refractivity contribution in [3.8, 4) is 12.3 Å². The Hall–Kier alpha value is -2.48. The molecular formula is C15H18N2O3. The van der Waals surface area contributed by atoms with Gasteiger partial charge in [0.1, 0.15) is 6.04 Å². The number of carboxylic acid groups (broad SMARTS) is 1. The molecule has 0 fully saturated rings. The molecule has 1 aromatic carbocycles. The van der Waals surface area contributed by atoms with E-state index in [2.05, 4.69) is 16.6 Å². The molecule has 1 atom stereocenters. The zero-order valence-corrected chi connectivity index (χ0v) is 11.1. The van der Waals surface area contributed by atoms with Gasteiger partial charge in [0.15, 0.2) is 0 Å². The van der Waals surface area contributed by atoms with Gasteiger partial charge in [0.25, 0.3) is 0 Å². The molecule has 2 amide bonds. The summed E-state index contributed by atoms with van der Waals surface area (Å²) in [5.41, 5.74) is 0.854. The Balaban J connectivity index is 2.45. The number of rotatable bonds is 7. The SMILES string of the molecule is C#CCCCNC(=O)N[C@@H](Cc1ccccc1)C(=O)O. The summed E-state index contributed by atoms with van der Waals surface area (Å²) in [6, 6.07) is 7.70. The maximum atomic E-state index is 11.6. The molecule has 0 bridgehead atoms. The molecule has 1 rings (SSSR count). The summed E-state index contributed by atoms with van der Waals surface area (Å²) in [4.78, 5) is 22.7. The number of hydrogen-bond donors (Lipinski definition) is 3. The van der Waals surface area contributed by atoms with Crippen LogP contribution in [0.15, 0.2) is 30.3 Å². The smallest absolute Gasteiger partial charge is 0.326 e. The quantitative estimate of drug-likeness (QED) is 0.519. The van der Waals surface area contributed by atoms with Gasteiger partial charge in [0.2, 0.25) is 0 Å². The van der Waals surface area contributed by atoms with Gasteiger partial charge in [0.05, 0.1) is 0 Å². The first kappa shape index (κ1) is 15.6. The van der Waals surface area contributed by atoms with Gasteiger partial charge in [-0.3, -0.25) is 0 Å². The molecule has 0 aliphatic heterocycles. The van der Waals surface area contributed by atoms with Crippen molar-refractivity contribution in [2.75, 3.05) is 6.54 Å². The van der Waals surface area contributed by atoms with Crippen LogP contribution in [-0.4, -0.2) is 29.7 Å². The Morgan fingerprint density at radius 2 is 2.00 bits per heavy atom. The van der Waals surface area contributed by atoms with E-state index in [4.69, 9.17) is 11.5 Å². The third-order valence-electron chi connectivity index (χ3n) is 2.67. The summed E-state index contributed by atoms with van der Waals surface area (Å²) in [6.07, 6.45) is 6.58. The van der Waals surface area contributed by atoms with E-state index in [1.54, 1.807) is 0 Å². The highest BCUT2D eigenvalue weighted by molar-refractivity contribution is 5.82. The summed E-state index contributed by atoms with van der Waals surface area (Å²) in [5.74, 6) is 1.40. The Morgan fingerprint density at radius 1 is 1.30 bits per heavy atom. The van der Waals surface area contributed by atoms with Crippen molar-refractivity contribution in [3.63, 3.8) is 0 Å². The first-order valence-corrected chi connectivity index (χ1v) is 6.38. The zero-order chi connectivity index (χ0) is 14.8. The summed E-state index contributed by atoms with van der Waals surface area (Å²) in [7, 11) is 0. The highest BCUT2D eigenvalue weighted by Crippen LogP contribution is 2.03. The number of nitrogens with one attached hydrogen (secondary N) is 2. The molecule has 0 aliphatic rings. The van der Waals surface area contributed by atoms with Crippen LogP contribution in [0.2, 0.25) is 0 Å². The van der Waals surface area contributed by atoms with Crippen LogP contribution in [0.25, 0.3) is 0 Å². The van der Waals surface area contributed by atoms with Crippen molar-refractivity contribution in [2.45, 2.75) is 25.3 Å². The van der Waals surface area contributed by atoms with Crippen molar-refractivity contribution in [1.82, 2.24) is 10.6 Å². The molecule has 0 aliphatic carbocycles. The molecular weight excluding hydrogens is 256 g/mol. The molecule has 3 N–H and O–H groups in total. The lowest BCUT2D eigenvalue weighted by Gasteiger charge is -2.15. The fraction of sp³-hybridized carbons (Fsp3) is 0.333. The maximum absolute atomic E-state index is 11.6. The van der Waals surface area contributed by atoms with E-state index >= 15 is 0 Å². The van der Waals surface area contributed by atoms with Crippen LogP contribution in [0.4, 0.5) is 4.79 Å². The van der Waals surface area contributed by atoms with E-state index in [-0.39, 0.29) is 6.42 Å². The number of hydrogen-bond acceptors (Lipinski definition) is 2. The van der Waals surface area contributed by atoms with Crippen LogP contribution < -0.4 is 10.6 Å². The van der Waals surface area contributed by atoms with Crippen molar-refractivity contribution < 1.29 is 14.7 Å². The molecule has 0 aromatic heterocycles. The number of benzene rings is 1. The van der Waals surface area contributed by atoms with Crippen molar-refractivity contribution in [1.29, 1.82) is 0 Å². The molecule has 0 radical (unpaired) electrons. The molecule has 0 unspecified atom stereocenters. The van der Waals surface area contributed by atoms with E-state index < -0.39 is 18.0 Å². The Bertz CT molecular complexity index is 480. The minimum Gasteiger partial charge on any atom is -0.480 e. The molecule has 1 aromatic rings. The normalized spacial score (nSPS) is 11.2. The van der Waals surface area contributed by atoms with Gasteiger partial charge < -0.3 is 15.7 Å². The fourth-order valence-corrected chi connectivity index (χ4v) is 1.65. The fourth-order valence-electron chi connectivity index (χ4n) is 1.65. The average Bonchev–Trinajstić information content (AvgIpc) is 2.44. The second kappa shape index (κ2) is 8.59. The lowest BCUT2D eigenvalue weighted by atomic mass is 10.1. The van der Waals surface area contributed by atoms with Crippen molar-refractivity contribution in [3.05, 3.63) is 35.9 Å². The van der Waals surface area contributed by atoms with Crippen LogP contribution >= 0.6 is 0 Å². The molecule has 0 saturated carbocycles. The second-order valence-electron chi connectivity index (χ2n) is 4.29. The minimum atomic E-state index is -1.06. The number of amides is 2. The van der Waals surface area contributed by atoms with Gasteiger partial charge in [-0.1, -0.05) is 30.3 Å². The lowest BCUT2D eigenvalue weighted by Crippen LogP contribution is -2.47. The largest absolute Gasteiger partial charge is 0.480 e. The van der Waals surface area contributed by atoms with E-state index in [0.29, 0.717) is 19.4 Å². The number of aliphatic carboxylic acids is 1. The predicted molar refractivity (Wildman–Crippen MR) is 76.2 cm³/mol. The molecule has 5 nitrogen and oxygen atoms in total. The van der Waals surface area contributed by atoms with Crippen LogP contribution in [0.5, 0.6) is 0 Å². The van der Waals surface area contributed by atoms with Gasteiger partial charge in [0, 0.05) is 19.4 Å². The van der Waals surface area contributed by atoms with Crippen LogP contribution in [-0.2, 0) is 11.2 Å². The lowest BCUT2D eigenvalue weighted by molar-refractivity contribution is -0.139. The number of unbranched alkanes of at least 4 members (excludes halogenated alkanes) is 1. The Kier molecular flexibility index (Phi) is 6.69. The maximum Gasteiger partial charge on any atom is 0.326 e. The Morgan fingerprint density at radius 3 is 2.60 bits per heavy atom. The van der Waals surface area contributed by atoms with Crippen LogP contribution in [0.3, 0.4) is 0 Å². The van der Waals surface area contributed by atoms with E-state index in [0.717, 1.165) is 5.56 Å². The monoisotopic (exact) mass is 274 g/mol. The van der Waals surface area contributed by atoms with E-state index in [9.17, 15) is 9.59 Å². The van der Waals surface area contributed by atoms with Gasteiger partial charge in [-0.15, -0.1) is 12.3 Å². The van der Waals surface area contributed by atoms with E-state index in [1.165, 1.54) is 0 Å². The van der Waals surface area contributed by atoms with Gasteiger partial charge in [-0.25, -0.2) is 9.59 Å². The number of carbonyl (C=O) groups is 2. The highest BCUT2D eigenvalue weighted by atomic mass is 16.4. The summed E-state index contributed by atoms with van der Waals surface area (Å²) >= 11 is 0. The Labute approximate surface area is 118 Å². The minimum absolute atomic E-state index is 0.244. The standard InChI is InChI=1S/C15H18N2O3/c1-2-3-7-10-16-15(20)17-13(14(18)19)11-12-8-5-4-6-9-12/h1,4-6,8-9,13H,3,7,10-11H2,(H,18,19)(H2,16,17,20)/t13-/m0/s1. The van der Waals surface area contributed by atoms with Crippen LogP contribution in [0.1, 0.15) is 18.4 Å². The van der Waals surface area contributed by atoms with Gasteiger partial charge in [-0.2, -0.15) is 0 Å². The number of carbonyl (C=O) groups excluding carboxylic acids is 1. The first-order chi connectivity index (χ1) is 9.63. The predicted octanol–water partition coefficient (Wildman–Crippen LogP) is 1.39. The summed E-state index contributed by atoms with van der Waals surface area (Å²) in [6.45, 7) is 0.424. The number of urea groups is 1. The molecule has 0 spiro atoms. The number of terminal acetylenes is 1. The topological polar surface area (TPSA) is 78.4 Å². The van der Waals surface area contributed by atoms with Crippen LogP contribution in [0, 0.1) is 12.3 Å². The summed E-state index contributed by atoms with van der Waals surface area (Å²) in [5, 5.41) is 14.1. The van der Waals surface area contributed by atoms with Gasteiger partial charge >= 0.3 is 12.0 Å². The third-order valence-corrected chi connectivity index (χ3v) is 2.67. The molecule has 20 heavy (non-hydrogen) atoms. The number of carboxylic acids is 1. The first-order valence-electron chi connectivity index (χ1n) is 6.38. The van der Waals surface area contributed by atoms with Gasteiger partial charge in [-0.05, 0) is 12.0 Å². The third kappa shape index (κ3) is 5.91. The van der Waals surface area contributed by atoms with Crippen molar-refractivity contribution >= 4 is 12.0 Å². The highest BCUT2D eigenvalue weighted by Gasteiger charge is 2.19.